The zero-order valence-electron chi connectivity index (χ0n) is 17.8. The lowest BCUT2D eigenvalue weighted by Crippen LogP contribution is -2.32. The zero-order chi connectivity index (χ0) is 21.5. The van der Waals surface area contributed by atoms with Crippen LogP contribution >= 0.6 is 0 Å². The van der Waals surface area contributed by atoms with Crippen molar-refractivity contribution < 1.29 is 9.47 Å². The first kappa shape index (κ1) is 18.7. The van der Waals surface area contributed by atoms with Crippen molar-refractivity contribution in [2.75, 3.05) is 7.11 Å². The molecule has 2 aliphatic rings. The molecule has 0 bridgehead atoms. The second kappa shape index (κ2) is 7.28. The molecule has 0 fully saturated rings. The van der Waals surface area contributed by atoms with Gasteiger partial charge in [0, 0.05) is 27.8 Å². The minimum absolute atomic E-state index is 0.793. The first-order valence-corrected chi connectivity index (χ1v) is 10.8. The summed E-state index contributed by atoms with van der Waals surface area (Å²) >= 11 is 0. The van der Waals surface area contributed by atoms with Gasteiger partial charge < -0.3 is 9.47 Å². The van der Waals surface area contributed by atoms with Gasteiger partial charge in [-0.1, -0.05) is 91.0 Å². The van der Waals surface area contributed by atoms with Crippen LogP contribution in [-0.2, 0) is 5.60 Å². The molecule has 0 spiro atoms. The molecule has 32 heavy (non-hydrogen) atoms. The third kappa shape index (κ3) is 2.66. The molecule has 0 unspecified atom stereocenters. The predicted octanol–water partition coefficient (Wildman–Crippen LogP) is 7.08. The van der Waals surface area contributed by atoms with E-state index in [2.05, 4.69) is 91.0 Å². The third-order valence-corrected chi connectivity index (χ3v) is 6.37. The molecule has 4 aromatic carbocycles. The Labute approximate surface area is 188 Å². The van der Waals surface area contributed by atoms with E-state index in [0.29, 0.717) is 0 Å². The van der Waals surface area contributed by atoms with Gasteiger partial charge in [0.15, 0.2) is 5.60 Å². The molecule has 0 radical (unpaired) electrons. The summed E-state index contributed by atoms with van der Waals surface area (Å²) in [7, 11) is 1.72. The molecular weight excluding hydrogens is 392 g/mol. The molecule has 1 aliphatic heterocycles. The van der Waals surface area contributed by atoms with Crippen LogP contribution in [0.1, 0.15) is 27.8 Å². The highest BCUT2D eigenvalue weighted by Gasteiger charge is 2.50. The molecule has 1 atom stereocenters. The van der Waals surface area contributed by atoms with E-state index in [0.717, 1.165) is 44.9 Å². The third-order valence-electron chi connectivity index (χ3n) is 6.37. The highest BCUT2D eigenvalue weighted by Crippen LogP contribution is 2.59. The molecular formula is C30H22O2. The Morgan fingerprint density at radius 2 is 1.16 bits per heavy atom. The van der Waals surface area contributed by atoms with Crippen molar-refractivity contribution in [3.63, 3.8) is 0 Å². The molecule has 4 aromatic rings. The van der Waals surface area contributed by atoms with Crippen LogP contribution in [0.15, 0.2) is 103 Å². The normalized spacial score (nSPS) is 18.3. The Bertz CT molecular complexity index is 1380. The average Bonchev–Trinajstić information content (AvgIpc) is 3.11. The number of benzene rings is 4. The maximum absolute atomic E-state index is 6.97. The molecule has 2 heteroatoms. The molecule has 0 saturated carbocycles. The summed E-state index contributed by atoms with van der Waals surface area (Å²) in [6.07, 6.45) is 4.54. The first-order valence-electron chi connectivity index (χ1n) is 10.8. The van der Waals surface area contributed by atoms with Crippen LogP contribution in [0.3, 0.4) is 0 Å². The summed E-state index contributed by atoms with van der Waals surface area (Å²) in [6.45, 7) is 0. The van der Waals surface area contributed by atoms with Gasteiger partial charge in [0.2, 0.25) is 0 Å². The topological polar surface area (TPSA) is 18.5 Å². The van der Waals surface area contributed by atoms with E-state index < -0.39 is 5.60 Å². The number of hydrogen-bond donors (Lipinski definition) is 0. The van der Waals surface area contributed by atoms with E-state index in [9.17, 15) is 0 Å². The number of rotatable bonds is 3. The van der Waals surface area contributed by atoms with Gasteiger partial charge in [-0.15, -0.1) is 0 Å². The standard InChI is InChI=1S/C30H22O2/c1-31-28-17-9-7-15-24(28)26-19-21-11-5-6-12-22(21)20-27-25-16-8-10-18-29(25)32-30(26,27)23-13-3-2-4-14-23/h2-20H,1H3/t30-/m1/s1. The van der Waals surface area contributed by atoms with Crippen molar-refractivity contribution in [3.8, 4) is 11.5 Å². The fourth-order valence-electron chi connectivity index (χ4n) is 4.93. The average molecular weight is 415 g/mol. The highest BCUT2D eigenvalue weighted by atomic mass is 16.5. The van der Waals surface area contributed by atoms with Gasteiger partial charge in [-0.2, -0.15) is 0 Å². The monoisotopic (exact) mass is 414 g/mol. The van der Waals surface area contributed by atoms with Crippen molar-refractivity contribution in [1.82, 2.24) is 0 Å². The van der Waals surface area contributed by atoms with Gasteiger partial charge in [-0.25, -0.2) is 0 Å². The fraction of sp³-hybridized carbons (Fsp3) is 0.0667. The van der Waals surface area contributed by atoms with E-state index in [-0.39, 0.29) is 0 Å². The van der Waals surface area contributed by atoms with Crippen molar-refractivity contribution >= 4 is 23.3 Å². The van der Waals surface area contributed by atoms with Gasteiger partial charge in [-0.3, -0.25) is 0 Å². The summed E-state index contributed by atoms with van der Waals surface area (Å²) in [6, 6.07) is 35.5. The molecule has 154 valence electrons. The van der Waals surface area contributed by atoms with Crippen LogP contribution in [0.25, 0.3) is 23.3 Å². The van der Waals surface area contributed by atoms with Crippen molar-refractivity contribution in [2.45, 2.75) is 5.60 Å². The van der Waals surface area contributed by atoms with Crippen LogP contribution < -0.4 is 9.47 Å². The maximum atomic E-state index is 6.97. The molecule has 1 heterocycles. The highest BCUT2D eigenvalue weighted by molar-refractivity contribution is 6.08. The number of methoxy groups -OCH3 is 1. The minimum Gasteiger partial charge on any atom is -0.496 e. The van der Waals surface area contributed by atoms with Crippen molar-refractivity contribution in [1.29, 1.82) is 0 Å². The Morgan fingerprint density at radius 1 is 0.594 bits per heavy atom. The maximum Gasteiger partial charge on any atom is 0.186 e. The largest absolute Gasteiger partial charge is 0.496 e. The van der Waals surface area contributed by atoms with E-state index >= 15 is 0 Å². The van der Waals surface area contributed by atoms with Gasteiger partial charge >= 0.3 is 0 Å². The predicted molar refractivity (Wildman–Crippen MR) is 130 cm³/mol. The number of para-hydroxylation sites is 2. The smallest absolute Gasteiger partial charge is 0.186 e. The van der Waals surface area contributed by atoms with Gasteiger partial charge in [0.25, 0.3) is 0 Å². The molecule has 1 aliphatic carbocycles. The Morgan fingerprint density at radius 3 is 1.88 bits per heavy atom. The summed E-state index contributed by atoms with van der Waals surface area (Å²) in [5.74, 6) is 1.72. The van der Waals surface area contributed by atoms with Gasteiger partial charge in [-0.05, 0) is 35.4 Å². The molecule has 0 aromatic heterocycles. The Kier molecular flexibility index (Phi) is 4.26. The van der Waals surface area contributed by atoms with E-state index in [1.165, 1.54) is 5.56 Å². The minimum atomic E-state index is -0.793. The van der Waals surface area contributed by atoms with Crippen LogP contribution in [0, 0.1) is 0 Å². The van der Waals surface area contributed by atoms with Crippen molar-refractivity contribution in [2.24, 2.45) is 0 Å². The molecule has 0 N–H and O–H groups in total. The lowest BCUT2D eigenvalue weighted by molar-refractivity contribution is 0.213. The number of fused-ring (bicyclic) bond motifs is 4. The van der Waals surface area contributed by atoms with E-state index in [4.69, 9.17) is 9.47 Å². The lowest BCUT2D eigenvalue weighted by atomic mass is 9.75. The van der Waals surface area contributed by atoms with Crippen LogP contribution in [0.4, 0.5) is 0 Å². The second-order valence-corrected chi connectivity index (χ2v) is 8.09. The van der Waals surface area contributed by atoms with Crippen LogP contribution in [0.2, 0.25) is 0 Å². The summed E-state index contributed by atoms with van der Waals surface area (Å²) in [4.78, 5) is 0. The zero-order valence-corrected chi connectivity index (χ0v) is 17.8. The van der Waals surface area contributed by atoms with Gasteiger partial charge in [0.1, 0.15) is 11.5 Å². The molecule has 2 nitrogen and oxygen atoms in total. The van der Waals surface area contributed by atoms with E-state index in [1.54, 1.807) is 7.11 Å². The van der Waals surface area contributed by atoms with E-state index in [1.807, 2.05) is 24.3 Å². The Hall–Kier alpha value is -4.04. The summed E-state index contributed by atoms with van der Waals surface area (Å²) in [5.41, 5.74) is 6.98. The quantitative estimate of drug-likeness (QED) is 0.357. The molecule has 0 saturated heterocycles. The van der Waals surface area contributed by atoms with Crippen molar-refractivity contribution in [3.05, 3.63) is 131 Å². The van der Waals surface area contributed by atoms with Crippen LogP contribution in [0.5, 0.6) is 11.5 Å². The first-order chi connectivity index (χ1) is 15.8. The number of ether oxygens (including phenoxy) is 2. The summed E-state index contributed by atoms with van der Waals surface area (Å²) in [5, 5.41) is 0. The second-order valence-electron chi connectivity index (χ2n) is 8.09. The molecule has 6 rings (SSSR count). The molecule has 0 amide bonds. The Balaban J connectivity index is 1.76. The fourth-order valence-corrected chi connectivity index (χ4v) is 4.93. The SMILES string of the molecule is COc1ccccc1C1=Cc2ccccc2C=C2c3ccccc3O[C@]12c1ccccc1. The number of hydrogen-bond acceptors (Lipinski definition) is 2. The summed E-state index contributed by atoms with van der Waals surface area (Å²) < 4.78 is 12.8. The van der Waals surface area contributed by atoms with Gasteiger partial charge in [0.05, 0.1) is 7.11 Å². The van der Waals surface area contributed by atoms with Crippen LogP contribution in [-0.4, -0.2) is 7.11 Å². The lowest BCUT2D eigenvalue weighted by Gasteiger charge is -2.34.